The number of hydrogen-bond acceptors (Lipinski definition) is 2. The topological polar surface area (TPSA) is 26.3 Å². The summed E-state index contributed by atoms with van der Waals surface area (Å²) in [5.74, 6) is 0.239. The first-order chi connectivity index (χ1) is 17.1. The molecule has 1 aliphatic rings. The summed E-state index contributed by atoms with van der Waals surface area (Å²) in [5, 5.41) is 0.574. The summed E-state index contributed by atoms with van der Waals surface area (Å²) in [6.45, 7) is 1.46. The van der Waals surface area contributed by atoms with Crippen LogP contribution in [0, 0.1) is 0 Å². The van der Waals surface area contributed by atoms with Crippen LogP contribution in [-0.4, -0.2) is 5.97 Å². The van der Waals surface area contributed by atoms with E-state index in [4.69, 9.17) is 16.3 Å². The number of esters is 1. The summed E-state index contributed by atoms with van der Waals surface area (Å²) < 4.78 is 6.22. The number of hydrogen-bond donors (Lipinski definition) is 0. The van der Waals surface area contributed by atoms with Gasteiger partial charge in [-0.2, -0.15) is 0 Å². The van der Waals surface area contributed by atoms with Crippen LogP contribution in [0.15, 0.2) is 78.9 Å². The molecule has 0 aromatic heterocycles. The maximum Gasteiger partial charge on any atom is 0.304 e. The summed E-state index contributed by atoms with van der Waals surface area (Å²) in [6.07, 6.45) is 13.3. The van der Waals surface area contributed by atoms with Crippen molar-refractivity contribution in [3.63, 3.8) is 0 Å². The fraction of sp³-hybridized carbons (Fsp3) is 0.406. The van der Waals surface area contributed by atoms with E-state index in [1.165, 1.54) is 76.7 Å². The van der Waals surface area contributed by atoms with Gasteiger partial charge in [0.2, 0.25) is 0 Å². The Balaban J connectivity index is 1.75. The third kappa shape index (κ3) is 6.16. The van der Waals surface area contributed by atoms with E-state index in [0.29, 0.717) is 10.9 Å². The molecular weight excluding hydrogens is 452 g/mol. The number of carbonyl (C=O) groups excluding carboxylic acids is 1. The second-order valence-electron chi connectivity index (χ2n) is 9.85. The first-order valence-corrected chi connectivity index (χ1v) is 13.6. The normalized spacial score (nSPS) is 17.7. The lowest BCUT2D eigenvalue weighted by atomic mass is 9.79. The second kappa shape index (κ2) is 12.4. The average Bonchev–Trinajstić information content (AvgIpc) is 2.94. The van der Waals surface area contributed by atoms with Gasteiger partial charge in [-0.15, -0.1) is 0 Å². The van der Waals surface area contributed by atoms with Gasteiger partial charge in [-0.1, -0.05) is 136 Å². The molecule has 0 amide bonds. The highest BCUT2D eigenvalue weighted by Crippen LogP contribution is 2.44. The van der Waals surface area contributed by atoms with Crippen LogP contribution < -0.4 is 0 Å². The fourth-order valence-electron chi connectivity index (χ4n) is 5.60. The molecule has 1 fully saturated rings. The highest BCUT2D eigenvalue weighted by atomic mass is 35.5. The quantitative estimate of drug-likeness (QED) is 0.264. The minimum atomic E-state index is -1.11. The largest absolute Gasteiger partial charge is 0.444 e. The molecule has 3 heteroatoms. The van der Waals surface area contributed by atoms with Crippen molar-refractivity contribution in [2.24, 2.45) is 0 Å². The van der Waals surface area contributed by atoms with Crippen LogP contribution in [0.4, 0.5) is 0 Å². The summed E-state index contributed by atoms with van der Waals surface area (Å²) >= 11 is 6.73. The van der Waals surface area contributed by atoms with E-state index in [2.05, 4.69) is 24.3 Å². The van der Waals surface area contributed by atoms with Crippen LogP contribution in [0.5, 0.6) is 0 Å². The summed E-state index contributed by atoms with van der Waals surface area (Å²) in [6, 6.07) is 26.4. The molecule has 1 saturated carbocycles. The number of rotatable bonds is 5. The van der Waals surface area contributed by atoms with Gasteiger partial charge in [0.05, 0.1) is 0 Å². The molecular formula is C32H37ClO2. The van der Waals surface area contributed by atoms with Crippen molar-refractivity contribution in [1.29, 1.82) is 0 Å². The van der Waals surface area contributed by atoms with Crippen molar-refractivity contribution < 1.29 is 9.53 Å². The molecule has 3 aromatic carbocycles. The Morgan fingerprint density at radius 1 is 0.714 bits per heavy atom. The average molecular weight is 489 g/mol. The molecule has 184 valence electrons. The molecule has 0 radical (unpaired) electrons. The number of carbonyl (C=O) groups is 1. The van der Waals surface area contributed by atoms with Crippen LogP contribution in [0.3, 0.4) is 0 Å². The van der Waals surface area contributed by atoms with Crippen LogP contribution in [0.1, 0.15) is 99.3 Å². The lowest BCUT2D eigenvalue weighted by molar-refractivity contribution is -0.150. The molecule has 2 nitrogen and oxygen atoms in total. The van der Waals surface area contributed by atoms with Gasteiger partial charge >= 0.3 is 5.97 Å². The maximum atomic E-state index is 12.5. The fourth-order valence-corrected chi connectivity index (χ4v) is 5.86. The second-order valence-corrected chi connectivity index (χ2v) is 10.3. The zero-order chi connectivity index (χ0) is 24.5. The first kappa shape index (κ1) is 25.5. The van der Waals surface area contributed by atoms with Gasteiger partial charge in [-0.3, -0.25) is 4.79 Å². The van der Waals surface area contributed by atoms with Gasteiger partial charge in [0.25, 0.3) is 0 Å². The van der Waals surface area contributed by atoms with Gasteiger partial charge in [0.1, 0.15) is 0 Å². The molecule has 35 heavy (non-hydrogen) atoms. The van der Waals surface area contributed by atoms with Gasteiger partial charge in [0, 0.05) is 28.6 Å². The first-order valence-electron chi connectivity index (χ1n) is 13.2. The lowest BCUT2D eigenvalue weighted by Gasteiger charge is -2.35. The molecule has 0 heterocycles. The Hall–Kier alpha value is -2.58. The third-order valence-electron chi connectivity index (χ3n) is 7.37. The zero-order valence-electron chi connectivity index (χ0n) is 20.8. The molecule has 1 atom stereocenters. The van der Waals surface area contributed by atoms with Crippen molar-refractivity contribution in [3.8, 4) is 0 Å². The Kier molecular flexibility index (Phi) is 9.04. The molecule has 0 N–H and O–H groups in total. The molecule has 1 unspecified atom stereocenters. The summed E-state index contributed by atoms with van der Waals surface area (Å²) in [7, 11) is 0. The number of benzene rings is 3. The Labute approximate surface area is 215 Å². The van der Waals surface area contributed by atoms with E-state index >= 15 is 0 Å². The Bertz CT molecular complexity index is 1060. The predicted molar refractivity (Wildman–Crippen MR) is 145 cm³/mol. The van der Waals surface area contributed by atoms with Gasteiger partial charge < -0.3 is 4.74 Å². The molecule has 4 rings (SSSR count). The van der Waals surface area contributed by atoms with Gasteiger partial charge in [-0.05, 0) is 30.4 Å². The van der Waals surface area contributed by atoms with E-state index < -0.39 is 5.60 Å². The van der Waals surface area contributed by atoms with Crippen molar-refractivity contribution in [1.82, 2.24) is 0 Å². The van der Waals surface area contributed by atoms with E-state index in [1.54, 1.807) is 0 Å². The van der Waals surface area contributed by atoms with Crippen molar-refractivity contribution in [2.45, 2.75) is 82.7 Å². The van der Waals surface area contributed by atoms with E-state index in [0.717, 1.165) is 16.7 Å². The van der Waals surface area contributed by atoms with Crippen LogP contribution in [0.25, 0.3) is 0 Å². The zero-order valence-corrected chi connectivity index (χ0v) is 21.6. The minimum Gasteiger partial charge on any atom is -0.444 e. The molecule has 0 spiro atoms. The molecule has 0 bridgehead atoms. The van der Waals surface area contributed by atoms with Crippen LogP contribution >= 0.6 is 11.6 Å². The minimum absolute atomic E-state index is 0.346. The predicted octanol–water partition coefficient (Wildman–Crippen LogP) is 9.19. The Morgan fingerprint density at radius 3 is 1.80 bits per heavy atom. The summed E-state index contributed by atoms with van der Waals surface area (Å²) in [5.41, 5.74) is 2.83. The maximum absolute atomic E-state index is 12.5. The van der Waals surface area contributed by atoms with Crippen molar-refractivity contribution in [2.75, 3.05) is 0 Å². The molecule has 0 aliphatic heterocycles. The number of halogens is 1. The standard InChI is InChI=1S/C32H37ClO2/c1-25(34)35-32(28-17-11-8-12-18-28,30-19-13-14-20-31(30)33)29-23-21-27(22-24-29)26-15-9-6-4-2-3-5-7-10-16-26/h8,11-14,17-24,26H,2-7,9-10,15-16H2,1H3. The van der Waals surface area contributed by atoms with E-state index in [9.17, 15) is 4.79 Å². The van der Waals surface area contributed by atoms with Crippen molar-refractivity contribution in [3.05, 3.63) is 106 Å². The Morgan fingerprint density at radius 2 is 1.23 bits per heavy atom. The van der Waals surface area contributed by atoms with E-state index in [-0.39, 0.29) is 5.97 Å². The summed E-state index contributed by atoms with van der Waals surface area (Å²) in [4.78, 5) is 12.5. The van der Waals surface area contributed by atoms with Crippen LogP contribution in [0.2, 0.25) is 5.02 Å². The third-order valence-corrected chi connectivity index (χ3v) is 7.70. The lowest BCUT2D eigenvalue weighted by Crippen LogP contribution is -2.35. The monoisotopic (exact) mass is 488 g/mol. The van der Waals surface area contributed by atoms with Crippen molar-refractivity contribution >= 4 is 17.6 Å². The smallest absolute Gasteiger partial charge is 0.304 e. The van der Waals surface area contributed by atoms with E-state index in [1.807, 2.05) is 54.6 Å². The molecule has 1 aliphatic carbocycles. The molecule has 3 aromatic rings. The van der Waals surface area contributed by atoms with Crippen LogP contribution in [-0.2, 0) is 15.1 Å². The molecule has 0 saturated heterocycles. The van der Waals surface area contributed by atoms with Gasteiger partial charge in [0.15, 0.2) is 5.60 Å². The highest BCUT2D eigenvalue weighted by Gasteiger charge is 2.41. The highest BCUT2D eigenvalue weighted by molar-refractivity contribution is 6.31. The SMILES string of the molecule is CC(=O)OC(c1ccccc1)(c1ccc(C2CCCCCCCCCC2)cc1)c1ccccc1Cl. The van der Waals surface area contributed by atoms with Gasteiger partial charge in [-0.25, -0.2) is 0 Å². The number of ether oxygens (including phenoxy) is 1.